The van der Waals surface area contributed by atoms with Gasteiger partial charge in [-0.2, -0.15) is 9.97 Å². The lowest BCUT2D eigenvalue weighted by Gasteiger charge is -2.51. The molecule has 1 amide bonds. The molecule has 6 rings (SSSR count). The minimum atomic E-state index is -2.50. The van der Waals surface area contributed by atoms with Crippen LogP contribution in [0.2, 0.25) is 0 Å². The first-order chi connectivity index (χ1) is 17.8. The number of alkyl halides is 2. The number of hydrogen-bond acceptors (Lipinski definition) is 7. The van der Waals surface area contributed by atoms with Gasteiger partial charge in [-0.3, -0.25) is 4.79 Å². The molecule has 0 aromatic carbocycles. The van der Waals surface area contributed by atoms with Crippen molar-refractivity contribution in [1.29, 1.82) is 0 Å². The van der Waals surface area contributed by atoms with Gasteiger partial charge in [0.05, 0.1) is 24.6 Å². The first-order valence-electron chi connectivity index (χ1n) is 12.4. The number of imidazole rings is 1. The molecule has 1 aliphatic heterocycles. The number of halogens is 2. The number of pyridine rings is 1. The number of likely N-dealkylation sites (tertiary alicyclic amines) is 1. The highest BCUT2D eigenvalue weighted by Gasteiger charge is 2.48. The van der Waals surface area contributed by atoms with Crippen molar-refractivity contribution < 1.29 is 18.3 Å². The molecule has 2 N–H and O–H groups in total. The van der Waals surface area contributed by atoms with Crippen molar-refractivity contribution in [1.82, 2.24) is 34.4 Å². The van der Waals surface area contributed by atoms with E-state index in [2.05, 4.69) is 37.2 Å². The summed E-state index contributed by atoms with van der Waals surface area (Å²) in [6, 6.07) is 1.95. The normalized spacial score (nSPS) is 21.8. The van der Waals surface area contributed by atoms with Crippen LogP contribution in [0.15, 0.2) is 18.5 Å². The average Bonchev–Trinajstić information content (AvgIpc) is 3.54. The van der Waals surface area contributed by atoms with E-state index in [0.717, 1.165) is 31.4 Å². The van der Waals surface area contributed by atoms with Gasteiger partial charge in [-0.05, 0) is 39.2 Å². The quantitative estimate of drug-likeness (QED) is 0.388. The number of carbonyl (C=O) groups excluding carboxylic acids is 1. The molecule has 10 nitrogen and oxygen atoms in total. The molecular formula is C25H28F2N8O2. The second-order valence-electron chi connectivity index (χ2n) is 10.1. The summed E-state index contributed by atoms with van der Waals surface area (Å²) in [4.78, 5) is 35.3. The number of hydrogen-bond donors (Lipinski definition) is 2. The van der Waals surface area contributed by atoms with E-state index in [0.29, 0.717) is 51.8 Å². The Morgan fingerprint density at radius 3 is 2.81 bits per heavy atom. The maximum absolute atomic E-state index is 13.2. The van der Waals surface area contributed by atoms with Crippen molar-refractivity contribution in [3.8, 4) is 17.0 Å². The highest BCUT2D eigenvalue weighted by molar-refractivity contribution is 5.98. The summed E-state index contributed by atoms with van der Waals surface area (Å²) in [5, 5.41) is 4.06. The number of rotatable bonds is 7. The molecule has 4 aromatic heterocycles. The largest absolute Gasteiger partial charge is 0.480 e. The highest BCUT2D eigenvalue weighted by atomic mass is 19.3. The molecule has 0 atom stereocenters. The van der Waals surface area contributed by atoms with Crippen molar-refractivity contribution in [2.24, 2.45) is 0 Å². The van der Waals surface area contributed by atoms with Crippen molar-refractivity contribution in [2.75, 3.05) is 19.0 Å². The van der Waals surface area contributed by atoms with Crippen LogP contribution in [-0.4, -0.2) is 72.0 Å². The van der Waals surface area contributed by atoms with Crippen LogP contribution >= 0.6 is 0 Å². The topological polar surface area (TPSA) is 114 Å². The van der Waals surface area contributed by atoms with Gasteiger partial charge in [-0.1, -0.05) is 0 Å². The Hall–Kier alpha value is -3.83. The van der Waals surface area contributed by atoms with Gasteiger partial charge >= 0.3 is 0 Å². The van der Waals surface area contributed by atoms with Crippen molar-refractivity contribution >= 4 is 34.1 Å². The zero-order valence-electron chi connectivity index (χ0n) is 20.9. The van der Waals surface area contributed by atoms with Gasteiger partial charge in [0.25, 0.3) is 6.43 Å². The number of anilines is 1. The van der Waals surface area contributed by atoms with Crippen molar-refractivity contribution in [3.05, 3.63) is 24.3 Å². The fourth-order valence-electron chi connectivity index (χ4n) is 5.80. The van der Waals surface area contributed by atoms with E-state index in [9.17, 15) is 13.6 Å². The molecule has 0 bridgehead atoms. The predicted octanol–water partition coefficient (Wildman–Crippen LogP) is 3.91. The van der Waals surface area contributed by atoms with E-state index >= 15 is 0 Å². The average molecular weight is 511 g/mol. The maximum Gasteiger partial charge on any atom is 0.256 e. The van der Waals surface area contributed by atoms with Gasteiger partial charge in [0.2, 0.25) is 17.7 Å². The number of H-pyrrole nitrogens is 1. The lowest BCUT2D eigenvalue weighted by atomic mass is 9.73. The molecule has 5 heterocycles. The molecule has 0 radical (unpaired) electrons. The fraction of sp³-hybridized carbons (Fsp3) is 0.480. The Kier molecular flexibility index (Phi) is 5.50. The van der Waals surface area contributed by atoms with Gasteiger partial charge in [0.15, 0.2) is 5.65 Å². The van der Waals surface area contributed by atoms with Gasteiger partial charge in [-0.25, -0.2) is 18.7 Å². The van der Waals surface area contributed by atoms with Gasteiger partial charge in [-0.15, -0.1) is 0 Å². The molecule has 1 saturated heterocycles. The SMILES string of the molecule is COc1nc(N[C@H]2C[C@@](C)(N3CCCC3=O)C2)nc2[nH]cc(-c3cnc4nc(C)n(CC(F)F)c4c3)c12. The monoisotopic (exact) mass is 510 g/mol. The smallest absolute Gasteiger partial charge is 0.256 e. The van der Waals surface area contributed by atoms with E-state index in [1.807, 2.05) is 4.90 Å². The molecule has 0 unspecified atom stereocenters. The van der Waals surface area contributed by atoms with Crippen LogP contribution in [0.25, 0.3) is 33.3 Å². The summed E-state index contributed by atoms with van der Waals surface area (Å²) in [5.41, 5.74) is 2.87. The number of nitrogens with zero attached hydrogens (tertiary/aromatic N) is 6. The highest BCUT2D eigenvalue weighted by Crippen LogP contribution is 2.42. The zero-order valence-corrected chi connectivity index (χ0v) is 20.9. The second kappa shape index (κ2) is 8.63. The molecule has 2 aliphatic rings. The second-order valence-corrected chi connectivity index (χ2v) is 10.1. The molecule has 1 aliphatic carbocycles. The molecule has 2 fully saturated rings. The summed E-state index contributed by atoms with van der Waals surface area (Å²) in [6.07, 6.45) is 4.16. The number of aryl methyl sites for hydroxylation is 1. The van der Waals surface area contributed by atoms with Gasteiger partial charge in [0, 0.05) is 48.1 Å². The maximum atomic E-state index is 13.2. The third kappa shape index (κ3) is 3.94. The summed E-state index contributed by atoms with van der Waals surface area (Å²) in [7, 11) is 1.55. The first-order valence-corrected chi connectivity index (χ1v) is 12.4. The molecule has 0 spiro atoms. The number of fused-ring (bicyclic) bond motifs is 2. The summed E-state index contributed by atoms with van der Waals surface area (Å²) < 4.78 is 33.4. The fourth-order valence-corrected chi connectivity index (χ4v) is 5.80. The minimum absolute atomic E-state index is 0.125. The van der Waals surface area contributed by atoms with E-state index in [1.54, 1.807) is 32.5 Å². The summed E-state index contributed by atoms with van der Waals surface area (Å²) in [5.74, 6) is 1.55. The van der Waals surface area contributed by atoms with Crippen LogP contribution in [0.5, 0.6) is 5.88 Å². The van der Waals surface area contributed by atoms with E-state index < -0.39 is 13.0 Å². The number of amides is 1. The van der Waals surface area contributed by atoms with E-state index in [-0.39, 0.29) is 17.5 Å². The number of nitrogens with one attached hydrogen (secondary N) is 2. The molecule has 194 valence electrons. The van der Waals surface area contributed by atoms with Crippen LogP contribution in [0.1, 0.15) is 38.4 Å². The van der Waals surface area contributed by atoms with Crippen LogP contribution in [0.3, 0.4) is 0 Å². The predicted molar refractivity (Wildman–Crippen MR) is 134 cm³/mol. The van der Waals surface area contributed by atoms with Crippen LogP contribution < -0.4 is 10.1 Å². The van der Waals surface area contributed by atoms with E-state index in [4.69, 9.17) is 4.74 Å². The molecule has 4 aromatic rings. The number of aromatic nitrogens is 6. The van der Waals surface area contributed by atoms with Gasteiger partial charge < -0.3 is 24.5 Å². The summed E-state index contributed by atoms with van der Waals surface area (Å²) in [6.45, 7) is 4.20. The molecule has 37 heavy (non-hydrogen) atoms. The Labute approximate surface area is 211 Å². The standard InChI is InChI=1S/C25H28F2N8O2/c1-13-30-21-17(34(13)12-18(26)27)7-14(10-28-21)16-11-29-22-20(16)23(37-3)33-24(32-22)31-15-8-25(2,9-15)35-6-4-5-19(35)36/h7,10-11,15,18H,4-6,8-9,12H2,1-3H3,(H2,29,31,32,33)/t15-,25+. The van der Waals surface area contributed by atoms with Crippen LogP contribution in [-0.2, 0) is 11.3 Å². The minimum Gasteiger partial charge on any atom is -0.480 e. The van der Waals surface area contributed by atoms with Crippen molar-refractivity contribution in [2.45, 2.75) is 64.1 Å². The van der Waals surface area contributed by atoms with E-state index in [1.165, 1.54) is 4.57 Å². The summed E-state index contributed by atoms with van der Waals surface area (Å²) >= 11 is 0. The van der Waals surface area contributed by atoms with Crippen molar-refractivity contribution in [3.63, 3.8) is 0 Å². The number of methoxy groups -OCH3 is 1. The Morgan fingerprint density at radius 2 is 2.11 bits per heavy atom. The zero-order chi connectivity index (χ0) is 25.9. The lowest BCUT2D eigenvalue weighted by molar-refractivity contribution is -0.136. The molecular weight excluding hydrogens is 482 g/mol. The van der Waals surface area contributed by atoms with Crippen LogP contribution in [0.4, 0.5) is 14.7 Å². The van der Waals surface area contributed by atoms with Gasteiger partial charge in [0.1, 0.15) is 11.5 Å². The molecule has 1 saturated carbocycles. The first kappa shape index (κ1) is 23.6. The third-order valence-electron chi connectivity index (χ3n) is 7.55. The lowest BCUT2D eigenvalue weighted by Crippen LogP contribution is -2.59. The molecule has 12 heteroatoms. The number of ether oxygens (including phenoxy) is 1. The van der Waals surface area contributed by atoms with Crippen LogP contribution in [0, 0.1) is 6.92 Å². The Bertz CT molecular complexity index is 1510. The Balaban J connectivity index is 1.29. The number of aromatic amines is 1. The Morgan fingerprint density at radius 1 is 1.30 bits per heavy atom. The number of carbonyl (C=O) groups is 1. The third-order valence-corrected chi connectivity index (χ3v) is 7.55.